The molecule has 1 aromatic heterocycles. The number of fused-ring (bicyclic) bond motifs is 1. The van der Waals surface area contributed by atoms with Gasteiger partial charge in [0.05, 0.1) is 5.69 Å². The summed E-state index contributed by atoms with van der Waals surface area (Å²) in [5.41, 5.74) is 3.38. The van der Waals surface area contributed by atoms with Crippen molar-refractivity contribution in [3.8, 4) is 5.69 Å². The van der Waals surface area contributed by atoms with E-state index >= 15 is 0 Å². The Bertz CT molecular complexity index is 986. The molecule has 0 aliphatic heterocycles. The van der Waals surface area contributed by atoms with Crippen molar-refractivity contribution >= 4 is 38.9 Å². The lowest BCUT2D eigenvalue weighted by Crippen LogP contribution is -2.23. The number of para-hydroxylation sites is 1. The van der Waals surface area contributed by atoms with Crippen molar-refractivity contribution in [3.05, 3.63) is 80.3 Å². The van der Waals surface area contributed by atoms with Gasteiger partial charge in [-0.25, -0.2) is 0 Å². The third-order valence-corrected chi connectivity index (χ3v) is 5.73. The fourth-order valence-corrected chi connectivity index (χ4v) is 4.53. The Kier molecular flexibility index (Phi) is 4.27. The molecule has 0 saturated carbocycles. The molecule has 1 aliphatic carbocycles. The van der Waals surface area contributed by atoms with E-state index in [2.05, 4.69) is 34.7 Å². The number of pyridine rings is 1. The van der Waals surface area contributed by atoms with Crippen molar-refractivity contribution in [2.45, 2.75) is 25.7 Å². The average molecular weight is 427 g/mol. The van der Waals surface area contributed by atoms with Crippen LogP contribution in [0.5, 0.6) is 0 Å². The van der Waals surface area contributed by atoms with Gasteiger partial charge in [0, 0.05) is 20.0 Å². The van der Waals surface area contributed by atoms with Crippen molar-refractivity contribution in [3.63, 3.8) is 0 Å². The van der Waals surface area contributed by atoms with Crippen LogP contribution in [0.25, 0.3) is 22.0 Å². The van der Waals surface area contributed by atoms with Gasteiger partial charge in [0.15, 0.2) is 0 Å². The highest BCUT2D eigenvalue weighted by molar-refractivity contribution is 14.1. The van der Waals surface area contributed by atoms with Crippen molar-refractivity contribution in [2.24, 2.45) is 0 Å². The summed E-state index contributed by atoms with van der Waals surface area (Å²) in [6.07, 6.45) is 6.89. The van der Waals surface area contributed by atoms with Crippen LogP contribution in [-0.2, 0) is 0 Å². The number of rotatable bonds is 2. The molecule has 1 heterocycles. The lowest BCUT2D eigenvalue weighted by molar-refractivity contribution is 0.735. The van der Waals surface area contributed by atoms with E-state index in [9.17, 15) is 4.79 Å². The van der Waals surface area contributed by atoms with Gasteiger partial charge in [-0.1, -0.05) is 42.5 Å². The highest BCUT2D eigenvalue weighted by Gasteiger charge is 2.20. The van der Waals surface area contributed by atoms with Gasteiger partial charge < -0.3 is 0 Å². The second kappa shape index (κ2) is 6.55. The Morgan fingerprint density at radius 1 is 0.875 bits per heavy atom. The zero-order valence-electron chi connectivity index (χ0n) is 13.3. The first kappa shape index (κ1) is 15.6. The molecule has 2 aromatic carbocycles. The minimum Gasteiger partial charge on any atom is -0.276 e. The third kappa shape index (κ3) is 2.61. The molecule has 1 aliphatic rings. The summed E-state index contributed by atoms with van der Waals surface area (Å²) in [5, 5.41) is 1.84. The van der Waals surface area contributed by atoms with Gasteiger partial charge in [0.1, 0.15) is 0 Å². The molecule has 4 rings (SSSR count). The zero-order chi connectivity index (χ0) is 16.5. The van der Waals surface area contributed by atoms with Crippen LogP contribution in [0.4, 0.5) is 0 Å². The van der Waals surface area contributed by atoms with Gasteiger partial charge in [-0.3, -0.25) is 9.36 Å². The monoisotopic (exact) mass is 427 g/mol. The first-order valence-corrected chi connectivity index (χ1v) is 9.43. The predicted octanol–water partition coefficient (Wildman–Crippen LogP) is 5.55. The number of benzene rings is 2. The van der Waals surface area contributed by atoms with Gasteiger partial charge in [-0.05, 0) is 72.0 Å². The van der Waals surface area contributed by atoms with Crippen LogP contribution in [0.2, 0.25) is 0 Å². The summed E-state index contributed by atoms with van der Waals surface area (Å²) in [6.45, 7) is 0. The molecule has 3 heteroatoms. The van der Waals surface area contributed by atoms with E-state index in [1.165, 1.54) is 22.0 Å². The summed E-state index contributed by atoms with van der Waals surface area (Å²) >= 11 is 2.41. The standard InChI is InChI=1S/C21H18INO/c22-19-17-13-7-8-14-18(17)21(24)23(16-11-5-2-6-12-16)20(19)15-9-3-1-4-10-15/h2,5-9,11-14H,1,3-4,10H2. The lowest BCUT2D eigenvalue weighted by atomic mass is 9.95. The minimum absolute atomic E-state index is 0.0682. The Balaban J connectivity index is 2.14. The van der Waals surface area contributed by atoms with E-state index in [1.54, 1.807) is 0 Å². The first-order valence-electron chi connectivity index (χ1n) is 8.35. The van der Waals surface area contributed by atoms with E-state index in [-0.39, 0.29) is 5.56 Å². The summed E-state index contributed by atoms with van der Waals surface area (Å²) in [5.74, 6) is 0. The Labute approximate surface area is 155 Å². The maximum absolute atomic E-state index is 13.3. The molecule has 24 heavy (non-hydrogen) atoms. The maximum Gasteiger partial charge on any atom is 0.263 e. The van der Waals surface area contributed by atoms with Crippen LogP contribution in [0.3, 0.4) is 0 Å². The van der Waals surface area contributed by atoms with Crippen molar-refractivity contribution in [1.82, 2.24) is 4.57 Å². The average Bonchev–Trinajstić information content (AvgIpc) is 2.66. The van der Waals surface area contributed by atoms with Gasteiger partial charge in [-0.2, -0.15) is 0 Å². The summed E-state index contributed by atoms with van der Waals surface area (Å²) in [7, 11) is 0. The van der Waals surface area contributed by atoms with Gasteiger partial charge in [0.2, 0.25) is 0 Å². The molecular weight excluding hydrogens is 409 g/mol. The molecule has 0 atom stereocenters. The fourth-order valence-electron chi connectivity index (χ4n) is 3.47. The van der Waals surface area contributed by atoms with Crippen molar-refractivity contribution in [1.29, 1.82) is 0 Å². The van der Waals surface area contributed by atoms with Crippen molar-refractivity contribution in [2.75, 3.05) is 0 Å². The Hall–Kier alpha value is -1.88. The van der Waals surface area contributed by atoms with E-state index in [0.29, 0.717) is 0 Å². The molecule has 120 valence electrons. The minimum atomic E-state index is 0.0682. The number of nitrogens with zero attached hydrogens (tertiary/aromatic N) is 1. The molecule has 3 aromatic rings. The summed E-state index contributed by atoms with van der Waals surface area (Å²) in [6, 6.07) is 17.9. The molecule has 0 saturated heterocycles. The lowest BCUT2D eigenvalue weighted by Gasteiger charge is -2.21. The molecule has 0 N–H and O–H groups in total. The van der Waals surface area contributed by atoms with Crippen LogP contribution >= 0.6 is 22.6 Å². The van der Waals surface area contributed by atoms with E-state index in [1.807, 2.05) is 53.1 Å². The molecule has 0 spiro atoms. The van der Waals surface area contributed by atoms with E-state index in [4.69, 9.17) is 0 Å². The second-order valence-corrected chi connectivity index (χ2v) is 7.24. The third-order valence-electron chi connectivity index (χ3n) is 4.64. The van der Waals surface area contributed by atoms with Crippen molar-refractivity contribution < 1.29 is 0 Å². The van der Waals surface area contributed by atoms with E-state index < -0.39 is 0 Å². The number of hydrogen-bond donors (Lipinski definition) is 0. The molecule has 0 radical (unpaired) electrons. The number of allylic oxidation sites excluding steroid dienone is 2. The topological polar surface area (TPSA) is 22.0 Å². The predicted molar refractivity (Wildman–Crippen MR) is 109 cm³/mol. The van der Waals surface area contributed by atoms with Crippen LogP contribution < -0.4 is 5.56 Å². The molecule has 0 bridgehead atoms. The van der Waals surface area contributed by atoms with E-state index in [0.717, 1.165) is 35.0 Å². The smallest absolute Gasteiger partial charge is 0.263 e. The molecule has 2 nitrogen and oxygen atoms in total. The number of hydrogen-bond acceptors (Lipinski definition) is 1. The SMILES string of the molecule is O=c1c2ccccc2c(I)c(C2=CCCCC2)n1-c1ccccc1. The second-order valence-electron chi connectivity index (χ2n) is 6.16. The summed E-state index contributed by atoms with van der Waals surface area (Å²) in [4.78, 5) is 13.3. The Morgan fingerprint density at radius 3 is 2.29 bits per heavy atom. The molecule has 0 unspecified atom stereocenters. The quantitative estimate of drug-likeness (QED) is 0.492. The molecular formula is C21H18INO. The fraction of sp³-hybridized carbons (Fsp3) is 0.190. The molecule has 0 fully saturated rings. The highest BCUT2D eigenvalue weighted by atomic mass is 127. The molecule has 0 amide bonds. The van der Waals surface area contributed by atoms with Crippen LogP contribution in [-0.4, -0.2) is 4.57 Å². The summed E-state index contributed by atoms with van der Waals surface area (Å²) < 4.78 is 3.07. The van der Waals surface area contributed by atoms with Crippen LogP contribution in [0.15, 0.2) is 65.5 Å². The largest absolute Gasteiger partial charge is 0.276 e. The number of aromatic nitrogens is 1. The zero-order valence-corrected chi connectivity index (χ0v) is 15.5. The van der Waals surface area contributed by atoms with Gasteiger partial charge in [0.25, 0.3) is 5.56 Å². The van der Waals surface area contributed by atoms with Crippen LogP contribution in [0.1, 0.15) is 31.4 Å². The van der Waals surface area contributed by atoms with Gasteiger partial charge >= 0.3 is 0 Å². The normalized spacial score (nSPS) is 14.6. The highest BCUT2D eigenvalue weighted by Crippen LogP contribution is 2.33. The van der Waals surface area contributed by atoms with Crippen LogP contribution in [0, 0.1) is 3.57 Å². The first-order chi connectivity index (χ1) is 11.8. The Morgan fingerprint density at radius 2 is 1.58 bits per heavy atom. The maximum atomic E-state index is 13.3. The number of halogens is 1. The van der Waals surface area contributed by atoms with Gasteiger partial charge in [-0.15, -0.1) is 0 Å².